The Morgan fingerprint density at radius 3 is 2.94 bits per heavy atom. The number of carbonyl (C=O) groups is 2. The SMILES string of the molecule is O=C(O)C1CN(c2cccc(F)c2)C(=O)CN1. The molecule has 1 atom stereocenters. The van der Waals surface area contributed by atoms with Gasteiger partial charge in [0.2, 0.25) is 5.91 Å². The topological polar surface area (TPSA) is 69.6 Å². The maximum Gasteiger partial charge on any atom is 0.322 e. The number of piperazine rings is 1. The summed E-state index contributed by atoms with van der Waals surface area (Å²) in [4.78, 5) is 23.7. The van der Waals surface area contributed by atoms with Crippen molar-refractivity contribution in [1.29, 1.82) is 0 Å². The average molecular weight is 238 g/mol. The molecule has 0 aliphatic carbocycles. The van der Waals surface area contributed by atoms with Crippen molar-refractivity contribution in [3.05, 3.63) is 30.1 Å². The monoisotopic (exact) mass is 238 g/mol. The summed E-state index contributed by atoms with van der Waals surface area (Å²) in [5.41, 5.74) is 0.378. The van der Waals surface area contributed by atoms with Crippen LogP contribution in [0.15, 0.2) is 24.3 Å². The molecule has 0 saturated carbocycles. The first-order valence-electron chi connectivity index (χ1n) is 5.10. The van der Waals surface area contributed by atoms with Crippen LogP contribution in [0.4, 0.5) is 10.1 Å². The summed E-state index contributed by atoms with van der Waals surface area (Å²) < 4.78 is 13.0. The molecule has 1 aromatic carbocycles. The molecule has 6 heteroatoms. The molecule has 5 nitrogen and oxygen atoms in total. The van der Waals surface area contributed by atoms with Crippen molar-refractivity contribution in [2.75, 3.05) is 18.0 Å². The minimum atomic E-state index is -1.03. The highest BCUT2D eigenvalue weighted by Crippen LogP contribution is 2.17. The largest absolute Gasteiger partial charge is 0.480 e. The van der Waals surface area contributed by atoms with E-state index in [9.17, 15) is 14.0 Å². The maximum absolute atomic E-state index is 13.0. The lowest BCUT2D eigenvalue weighted by atomic mass is 10.1. The number of carboxylic acid groups (broad SMARTS) is 1. The van der Waals surface area contributed by atoms with Crippen LogP contribution in [-0.4, -0.2) is 36.1 Å². The van der Waals surface area contributed by atoms with Gasteiger partial charge in [0.05, 0.1) is 13.1 Å². The molecule has 17 heavy (non-hydrogen) atoms. The molecular formula is C11H11FN2O3. The predicted molar refractivity (Wildman–Crippen MR) is 58.2 cm³/mol. The van der Waals surface area contributed by atoms with E-state index in [0.717, 1.165) is 0 Å². The van der Waals surface area contributed by atoms with Crippen LogP contribution >= 0.6 is 0 Å². The first kappa shape index (κ1) is 11.5. The highest BCUT2D eigenvalue weighted by atomic mass is 19.1. The lowest BCUT2D eigenvalue weighted by Gasteiger charge is -2.31. The number of anilines is 1. The standard InChI is InChI=1S/C11H11FN2O3/c12-7-2-1-3-8(4-7)14-6-9(11(16)17)13-5-10(14)15/h1-4,9,13H,5-6H2,(H,16,17). The molecule has 1 aliphatic heterocycles. The highest BCUT2D eigenvalue weighted by molar-refractivity contribution is 5.97. The van der Waals surface area contributed by atoms with Crippen molar-refractivity contribution in [2.24, 2.45) is 0 Å². The summed E-state index contributed by atoms with van der Waals surface area (Å²) in [5, 5.41) is 11.5. The van der Waals surface area contributed by atoms with Crippen molar-refractivity contribution in [3.63, 3.8) is 0 Å². The normalized spacial score (nSPS) is 20.4. The molecule has 0 radical (unpaired) electrons. The number of aliphatic carboxylic acids is 1. The molecule has 0 aromatic heterocycles. The Hall–Kier alpha value is -1.95. The molecule has 2 N–H and O–H groups in total. The van der Waals surface area contributed by atoms with E-state index in [2.05, 4.69) is 5.32 Å². The van der Waals surface area contributed by atoms with Crippen LogP contribution in [0.3, 0.4) is 0 Å². The molecule has 1 heterocycles. The third kappa shape index (κ3) is 2.42. The number of amides is 1. The summed E-state index contributed by atoms with van der Waals surface area (Å²) in [7, 11) is 0. The second-order valence-corrected chi connectivity index (χ2v) is 3.76. The zero-order valence-corrected chi connectivity index (χ0v) is 8.89. The molecule has 1 aliphatic rings. The number of carbonyl (C=O) groups excluding carboxylic acids is 1. The van der Waals surface area contributed by atoms with Crippen LogP contribution in [0, 0.1) is 5.82 Å². The van der Waals surface area contributed by atoms with Gasteiger partial charge in [-0.05, 0) is 18.2 Å². The number of nitrogens with one attached hydrogen (secondary N) is 1. The van der Waals surface area contributed by atoms with Crippen molar-refractivity contribution >= 4 is 17.6 Å². The molecule has 2 rings (SSSR count). The predicted octanol–water partition coefficient (Wildman–Crippen LogP) is 0.215. The van der Waals surface area contributed by atoms with Gasteiger partial charge in [-0.1, -0.05) is 6.07 Å². The zero-order valence-electron chi connectivity index (χ0n) is 8.89. The van der Waals surface area contributed by atoms with E-state index in [1.54, 1.807) is 6.07 Å². The fourth-order valence-corrected chi connectivity index (χ4v) is 1.71. The van der Waals surface area contributed by atoms with Crippen molar-refractivity contribution in [3.8, 4) is 0 Å². The average Bonchev–Trinajstić information content (AvgIpc) is 2.29. The van der Waals surface area contributed by atoms with Gasteiger partial charge in [0, 0.05) is 5.69 Å². The van der Waals surface area contributed by atoms with E-state index in [1.807, 2.05) is 0 Å². The van der Waals surface area contributed by atoms with Gasteiger partial charge in [0.1, 0.15) is 11.9 Å². The molecule has 1 saturated heterocycles. The fourth-order valence-electron chi connectivity index (χ4n) is 1.71. The Morgan fingerprint density at radius 1 is 1.53 bits per heavy atom. The number of hydrogen-bond acceptors (Lipinski definition) is 3. The maximum atomic E-state index is 13.0. The van der Waals surface area contributed by atoms with E-state index in [4.69, 9.17) is 5.11 Å². The first-order chi connectivity index (χ1) is 8.08. The van der Waals surface area contributed by atoms with Gasteiger partial charge >= 0.3 is 5.97 Å². The van der Waals surface area contributed by atoms with E-state index < -0.39 is 17.8 Å². The first-order valence-corrected chi connectivity index (χ1v) is 5.10. The lowest BCUT2D eigenvalue weighted by Crippen LogP contribution is -2.57. The third-order valence-corrected chi connectivity index (χ3v) is 2.58. The summed E-state index contributed by atoms with van der Waals surface area (Å²) >= 11 is 0. The third-order valence-electron chi connectivity index (χ3n) is 2.58. The quantitative estimate of drug-likeness (QED) is 0.773. The van der Waals surface area contributed by atoms with Gasteiger partial charge in [0.25, 0.3) is 0 Å². The van der Waals surface area contributed by atoms with E-state index in [-0.39, 0.29) is 19.0 Å². The number of rotatable bonds is 2. The fraction of sp³-hybridized carbons (Fsp3) is 0.273. The van der Waals surface area contributed by atoms with Crippen LogP contribution in [0.25, 0.3) is 0 Å². The lowest BCUT2D eigenvalue weighted by molar-refractivity contribution is -0.139. The summed E-state index contributed by atoms with van der Waals surface area (Å²) in [5.74, 6) is -1.76. The second-order valence-electron chi connectivity index (χ2n) is 3.76. The smallest absolute Gasteiger partial charge is 0.322 e. The number of hydrogen-bond donors (Lipinski definition) is 2. The van der Waals surface area contributed by atoms with Crippen LogP contribution in [0.2, 0.25) is 0 Å². The van der Waals surface area contributed by atoms with Gasteiger partial charge in [-0.25, -0.2) is 4.39 Å². The molecule has 1 aromatic rings. The summed E-state index contributed by atoms with van der Waals surface area (Å²) in [6, 6.07) is 4.71. The van der Waals surface area contributed by atoms with Gasteiger partial charge in [-0.15, -0.1) is 0 Å². The molecule has 0 spiro atoms. The number of nitrogens with zero attached hydrogens (tertiary/aromatic N) is 1. The molecule has 1 fully saturated rings. The summed E-state index contributed by atoms with van der Waals surface area (Å²) in [6.45, 7) is -0.0644. The van der Waals surface area contributed by atoms with E-state index >= 15 is 0 Å². The Kier molecular flexibility index (Phi) is 3.06. The van der Waals surface area contributed by atoms with Gasteiger partial charge in [-0.3, -0.25) is 14.9 Å². The zero-order chi connectivity index (χ0) is 12.4. The number of halogens is 1. The van der Waals surface area contributed by atoms with E-state index in [1.165, 1.54) is 23.1 Å². The van der Waals surface area contributed by atoms with Crippen molar-refractivity contribution in [1.82, 2.24) is 5.32 Å². The minimum absolute atomic E-state index is 0.00236. The van der Waals surface area contributed by atoms with Gasteiger partial charge in [0.15, 0.2) is 0 Å². The highest BCUT2D eigenvalue weighted by Gasteiger charge is 2.30. The van der Waals surface area contributed by atoms with Crippen LogP contribution in [-0.2, 0) is 9.59 Å². The molecule has 90 valence electrons. The molecule has 1 unspecified atom stereocenters. The molecular weight excluding hydrogens is 227 g/mol. The Labute approximate surface area is 96.8 Å². The van der Waals surface area contributed by atoms with Crippen LogP contribution in [0.1, 0.15) is 0 Å². The Bertz CT molecular complexity index is 464. The minimum Gasteiger partial charge on any atom is -0.480 e. The van der Waals surface area contributed by atoms with Crippen molar-refractivity contribution in [2.45, 2.75) is 6.04 Å². The Morgan fingerprint density at radius 2 is 2.29 bits per heavy atom. The van der Waals surface area contributed by atoms with E-state index in [0.29, 0.717) is 5.69 Å². The number of carboxylic acids is 1. The van der Waals surface area contributed by atoms with Crippen LogP contribution in [0.5, 0.6) is 0 Å². The van der Waals surface area contributed by atoms with Gasteiger partial charge in [-0.2, -0.15) is 0 Å². The molecule has 1 amide bonds. The second kappa shape index (κ2) is 4.50. The van der Waals surface area contributed by atoms with Crippen molar-refractivity contribution < 1.29 is 19.1 Å². The van der Waals surface area contributed by atoms with Crippen LogP contribution < -0.4 is 10.2 Å². The summed E-state index contributed by atoms with van der Waals surface area (Å²) in [6.07, 6.45) is 0. The number of benzene rings is 1. The Balaban J connectivity index is 2.23. The van der Waals surface area contributed by atoms with Gasteiger partial charge < -0.3 is 10.0 Å². The molecule has 0 bridgehead atoms.